The van der Waals surface area contributed by atoms with Crippen molar-refractivity contribution in [2.24, 2.45) is 5.73 Å². The molecule has 0 aromatic rings. The van der Waals surface area contributed by atoms with Crippen molar-refractivity contribution in [1.82, 2.24) is 0 Å². The van der Waals surface area contributed by atoms with Crippen molar-refractivity contribution in [2.75, 3.05) is 6.54 Å². The van der Waals surface area contributed by atoms with Crippen molar-refractivity contribution in [3.63, 3.8) is 0 Å². The Kier molecular flexibility index (Phi) is 4.21. The van der Waals surface area contributed by atoms with E-state index in [9.17, 15) is 0 Å². The second kappa shape index (κ2) is 4.19. The zero-order valence-corrected chi connectivity index (χ0v) is 5.28. The molecule has 0 aromatic carbocycles. The highest BCUT2D eigenvalue weighted by molar-refractivity contribution is 6.35. The molecule has 7 heavy (non-hydrogen) atoms. The molecular weight excluding hydrogens is 84.9 g/mol. The first-order valence-corrected chi connectivity index (χ1v) is 3.05. The Labute approximate surface area is 46.5 Å². The maximum Gasteiger partial charge on any atom is 0.122 e. The number of rotatable bonds is 3. The molecule has 0 unspecified atom stereocenters. The molecule has 0 aliphatic rings. The van der Waals surface area contributed by atoms with Gasteiger partial charge < -0.3 is 5.73 Å². The highest BCUT2D eigenvalue weighted by atomic mass is 14.5. The van der Waals surface area contributed by atoms with Crippen molar-refractivity contribution < 1.29 is 0 Å². The summed E-state index contributed by atoms with van der Waals surface area (Å²) < 4.78 is 0. The van der Waals surface area contributed by atoms with E-state index in [0.29, 0.717) is 0 Å². The summed E-state index contributed by atoms with van der Waals surface area (Å²) >= 11 is 0. The molecule has 0 saturated carbocycles. The summed E-state index contributed by atoms with van der Waals surface area (Å²) in [5.41, 5.74) is 5.39. The van der Waals surface area contributed by atoms with E-state index in [-0.39, 0.29) is 0 Å². The molecule has 42 valence electrons. The van der Waals surface area contributed by atoms with E-state index in [1.165, 1.54) is 13.7 Å². The Balaban J connectivity index is 2.99. The zero-order chi connectivity index (χ0) is 5.70. The summed E-state index contributed by atoms with van der Waals surface area (Å²) in [6.07, 6.45) is 1.23. The van der Waals surface area contributed by atoms with Crippen molar-refractivity contribution in [3.8, 4) is 0 Å². The minimum Gasteiger partial charge on any atom is -0.331 e. The number of hydrogen-bond donors (Lipinski definition) is 1. The first-order chi connectivity index (χ1) is 3.35. The van der Waals surface area contributed by atoms with E-state index in [4.69, 9.17) is 5.73 Å². The average molecular weight is 99.0 g/mol. The van der Waals surface area contributed by atoms with Gasteiger partial charge in [0, 0.05) is 0 Å². The molecule has 1 atom stereocenters. The molecule has 0 fully saturated rings. The Morgan fingerprint density at radius 2 is 2.29 bits per heavy atom. The molecule has 0 aliphatic heterocycles. The third kappa shape index (κ3) is 2.69. The molecule has 0 bridgehead atoms. The maximum absolute atomic E-state index is 5.39. The van der Waals surface area contributed by atoms with Crippen LogP contribution in [0.3, 0.4) is 0 Å². The van der Waals surface area contributed by atoms with Gasteiger partial charge in [0.1, 0.15) is 7.28 Å². The molecule has 0 heterocycles. The van der Waals surface area contributed by atoms with Crippen molar-refractivity contribution in [2.45, 2.75) is 26.0 Å². The Morgan fingerprint density at radius 3 is 2.29 bits per heavy atom. The quantitative estimate of drug-likeness (QED) is 0.516. The van der Waals surface area contributed by atoms with Gasteiger partial charge in [-0.2, -0.15) is 0 Å². The topological polar surface area (TPSA) is 26.0 Å². The van der Waals surface area contributed by atoms with Gasteiger partial charge in [0.25, 0.3) is 0 Å². The summed E-state index contributed by atoms with van der Waals surface area (Å²) in [4.78, 5) is 0. The van der Waals surface area contributed by atoms with Crippen LogP contribution >= 0.6 is 0 Å². The number of hydrogen-bond acceptors (Lipinski definition) is 1. The van der Waals surface area contributed by atoms with E-state index in [0.717, 1.165) is 12.4 Å². The average Bonchev–Trinajstić information content (AvgIpc) is 1.72. The van der Waals surface area contributed by atoms with Crippen LogP contribution < -0.4 is 5.73 Å². The normalized spacial score (nSPS) is 13.6. The lowest BCUT2D eigenvalue weighted by atomic mass is 9.66. The second-order valence-corrected chi connectivity index (χ2v) is 1.92. The lowest BCUT2D eigenvalue weighted by Crippen LogP contribution is -2.11. The minimum absolute atomic E-state index is 0.764. The van der Waals surface area contributed by atoms with Gasteiger partial charge in [-0.05, 0) is 6.54 Å². The van der Waals surface area contributed by atoms with Crippen LogP contribution in [0, 0.1) is 0 Å². The standard InChI is InChI=1S/C5H14BN/c1-3-5(4-7)6-2/h5-6H,3-4,7H2,1-2H3/t5-/m1/s1. The Bertz CT molecular complexity index is 29.6. The van der Waals surface area contributed by atoms with Crippen molar-refractivity contribution in [3.05, 3.63) is 0 Å². The molecule has 0 aromatic heterocycles. The molecule has 0 rings (SSSR count). The number of nitrogens with two attached hydrogens (primary N) is 1. The van der Waals surface area contributed by atoms with Gasteiger partial charge in [0.2, 0.25) is 0 Å². The van der Waals surface area contributed by atoms with Crippen molar-refractivity contribution in [1.29, 1.82) is 0 Å². The molecule has 2 N–H and O–H groups in total. The van der Waals surface area contributed by atoms with Gasteiger partial charge in [0.05, 0.1) is 0 Å². The van der Waals surface area contributed by atoms with Crippen LogP contribution in [-0.2, 0) is 0 Å². The van der Waals surface area contributed by atoms with Crippen LogP contribution in [0.5, 0.6) is 0 Å². The predicted octanol–water partition coefficient (Wildman–Crippen LogP) is 0.628. The van der Waals surface area contributed by atoms with Crippen LogP contribution in [-0.4, -0.2) is 13.8 Å². The summed E-state index contributed by atoms with van der Waals surface area (Å²) in [6.45, 7) is 5.22. The van der Waals surface area contributed by atoms with Crippen molar-refractivity contribution >= 4 is 7.28 Å². The van der Waals surface area contributed by atoms with Gasteiger partial charge in [-0.15, -0.1) is 0 Å². The maximum atomic E-state index is 5.39. The molecule has 1 nitrogen and oxygen atoms in total. The molecular formula is C5H14BN. The van der Waals surface area contributed by atoms with E-state index in [1.807, 2.05) is 0 Å². The van der Waals surface area contributed by atoms with Gasteiger partial charge in [-0.1, -0.05) is 26.0 Å². The summed E-state index contributed by atoms with van der Waals surface area (Å²) in [6, 6.07) is 0. The van der Waals surface area contributed by atoms with Crippen LogP contribution in [0.25, 0.3) is 0 Å². The van der Waals surface area contributed by atoms with E-state index in [2.05, 4.69) is 13.7 Å². The minimum atomic E-state index is 0.764. The Hall–Kier alpha value is 0.0249. The van der Waals surface area contributed by atoms with Crippen LogP contribution in [0.1, 0.15) is 13.3 Å². The highest BCUT2D eigenvalue weighted by Crippen LogP contribution is 2.03. The molecule has 0 radical (unpaired) electrons. The van der Waals surface area contributed by atoms with Gasteiger partial charge in [0.15, 0.2) is 0 Å². The summed E-state index contributed by atoms with van der Waals surface area (Å²) in [5, 5.41) is 0. The first kappa shape index (κ1) is 7.02. The van der Waals surface area contributed by atoms with E-state index >= 15 is 0 Å². The van der Waals surface area contributed by atoms with Crippen LogP contribution in [0.2, 0.25) is 12.6 Å². The van der Waals surface area contributed by atoms with Gasteiger partial charge in [-0.25, -0.2) is 0 Å². The molecule has 0 aliphatic carbocycles. The molecule has 0 amide bonds. The largest absolute Gasteiger partial charge is 0.331 e. The SMILES string of the molecule is CB[C@H](CC)CN. The zero-order valence-electron chi connectivity index (χ0n) is 5.28. The fraction of sp³-hybridized carbons (Fsp3) is 1.00. The fourth-order valence-electron chi connectivity index (χ4n) is 0.622. The first-order valence-electron chi connectivity index (χ1n) is 3.05. The van der Waals surface area contributed by atoms with E-state index in [1.54, 1.807) is 0 Å². The molecule has 0 saturated heterocycles. The smallest absolute Gasteiger partial charge is 0.122 e. The third-order valence-corrected chi connectivity index (χ3v) is 1.49. The summed E-state index contributed by atoms with van der Waals surface area (Å²) in [5.74, 6) is 0.764. The van der Waals surface area contributed by atoms with E-state index < -0.39 is 0 Å². The second-order valence-electron chi connectivity index (χ2n) is 1.92. The van der Waals surface area contributed by atoms with Crippen LogP contribution in [0.15, 0.2) is 0 Å². The summed E-state index contributed by atoms with van der Waals surface area (Å²) in [7, 11) is 1.23. The highest BCUT2D eigenvalue weighted by Gasteiger charge is 1.98. The van der Waals surface area contributed by atoms with Crippen LogP contribution in [0.4, 0.5) is 0 Å². The molecule has 2 heteroatoms. The fourth-order valence-corrected chi connectivity index (χ4v) is 0.622. The lowest BCUT2D eigenvalue weighted by molar-refractivity contribution is 0.795. The predicted molar refractivity (Wildman–Crippen MR) is 36.1 cm³/mol. The monoisotopic (exact) mass is 99.1 g/mol. The van der Waals surface area contributed by atoms with Gasteiger partial charge >= 0.3 is 0 Å². The third-order valence-electron chi connectivity index (χ3n) is 1.49. The Morgan fingerprint density at radius 1 is 1.71 bits per heavy atom. The van der Waals surface area contributed by atoms with Gasteiger partial charge in [-0.3, -0.25) is 0 Å². The molecule has 0 spiro atoms. The lowest BCUT2D eigenvalue weighted by Gasteiger charge is -2.04.